The molecule has 1 amide bonds. The van der Waals surface area contributed by atoms with Gasteiger partial charge in [0.15, 0.2) is 22.4 Å². The molecule has 3 aliphatic heterocycles. The minimum absolute atomic E-state index is 0. The maximum absolute atomic E-state index is 12.9. The second-order valence-corrected chi connectivity index (χ2v) is 26.3. The van der Waals surface area contributed by atoms with E-state index in [2.05, 4.69) is 57.8 Å². The summed E-state index contributed by atoms with van der Waals surface area (Å²) in [4.78, 5) is 124. The average molecular weight is 1500 g/mol. The lowest BCUT2D eigenvalue weighted by Crippen LogP contribution is -2.36. The van der Waals surface area contributed by atoms with Gasteiger partial charge in [0.25, 0.3) is 16.7 Å². The van der Waals surface area contributed by atoms with E-state index in [-0.39, 0.29) is 66.3 Å². The molecule has 9 heterocycles. The molecule has 3 aliphatic rings. The van der Waals surface area contributed by atoms with Gasteiger partial charge in [-0.25, -0.2) is 19.2 Å². The standard InChI is InChI=1S/C26H26F3N3O7.C25H30N4O5.C23H27N3O4.2ClH/c1-4-16-20(30-22(33)19(23(34)35)21(16)39-25(37)26(27,28)29)13-7-8-17-14(10-13)11-15(31(17)2)12-32-9-5-6-18(32)24(36)38-3;1-5-18-21(26-23(31)20(22(18)30)25(33)34)14-6-7-19-16(10-14)11-17(28(19)4)13-29-9-8-15(12-29)24(32)27(2)3;1-3-17-20(24-22(28)19(21(17)27)23(29)30)14-7-8-18-15(11-14)12-16(25(18)2)13-26-9-5-4-6-10-26;;/h7-8,10-11,18H,4-6,9,12H2,1-3H3,(H,30,33)(H,34,35);6-7,10-11,15H,5,8-9,12-13H2,1-4H3,(H,33,34)(H2,26,30,31);7-8,11-12H,3-6,9-10,13H2,1-2H3,(H,29,30)(H2,24,27,28);2*1H/t18-;;;;/m0..../s1. The summed E-state index contributed by atoms with van der Waals surface area (Å²) in [6, 6.07) is 22.5. The van der Waals surface area contributed by atoms with Crippen LogP contribution in [-0.4, -0.2) is 176 Å². The number of aromatic nitrogens is 6. The van der Waals surface area contributed by atoms with Gasteiger partial charge in [-0.3, -0.25) is 38.7 Å². The monoisotopic (exact) mass is 1500 g/mol. The summed E-state index contributed by atoms with van der Waals surface area (Å²) < 4.78 is 54.4. The number of nitrogens with zero attached hydrogens (tertiary/aromatic N) is 7. The Kier molecular flexibility index (Phi) is 25.5. The van der Waals surface area contributed by atoms with Crippen molar-refractivity contribution >= 4 is 93.3 Å². The van der Waals surface area contributed by atoms with Gasteiger partial charge < -0.3 is 68.6 Å². The number of piperidine rings is 1. The van der Waals surface area contributed by atoms with Crippen LogP contribution in [0.4, 0.5) is 13.2 Å². The number of hydrogen-bond donors (Lipinski definition) is 8. The number of methoxy groups -OCH3 is 1. The van der Waals surface area contributed by atoms with Gasteiger partial charge in [0.1, 0.15) is 17.5 Å². The first kappa shape index (κ1) is 80.5. The van der Waals surface area contributed by atoms with E-state index in [0.717, 1.165) is 108 Å². The molecular weight excluding hydrogens is 1410 g/mol. The SMILES string of the molecule is CCc1c(-c2ccc3c(c2)cc(CN2CCC(C(=O)N(C)C)C2)n3C)[nH]c(=O)c(C(=O)O)c1O.CCc1c(-c2ccc3c(c2)cc(CN2CCCCC2)n3C)[nH]c(=O)c(C(=O)O)c1O.CCc1c(-c2ccc3c(c2)cc(CN2CCC[C@H]2C(=O)OC)n3C)[nH]c(=O)c(C(=O)O)c1OC(=O)C(F)(F)F.Cl.Cl. The molecule has 0 aliphatic carbocycles. The predicted molar refractivity (Wildman–Crippen MR) is 392 cm³/mol. The maximum atomic E-state index is 12.9. The minimum atomic E-state index is -5.40. The number of likely N-dealkylation sites (tertiary alicyclic amines) is 3. The summed E-state index contributed by atoms with van der Waals surface area (Å²) in [5.41, 5.74) is 4.47. The number of esters is 2. The van der Waals surface area contributed by atoms with Gasteiger partial charge in [-0.05, 0) is 149 Å². The van der Waals surface area contributed by atoms with Crippen molar-refractivity contribution < 1.29 is 76.9 Å². The lowest BCUT2D eigenvalue weighted by atomic mass is 9.99. The zero-order valence-electron chi connectivity index (χ0n) is 59.4. The van der Waals surface area contributed by atoms with Crippen molar-refractivity contribution in [3.8, 4) is 51.0 Å². The highest BCUT2D eigenvalue weighted by Gasteiger charge is 2.43. The number of ether oxygens (including phenoxy) is 2. The van der Waals surface area contributed by atoms with E-state index in [1.807, 2.05) is 73.0 Å². The van der Waals surface area contributed by atoms with Crippen LogP contribution in [0, 0.1) is 5.92 Å². The van der Waals surface area contributed by atoms with Crippen molar-refractivity contribution in [2.24, 2.45) is 27.1 Å². The number of aromatic hydroxyl groups is 2. The number of carbonyl (C=O) groups is 6. The molecule has 3 fully saturated rings. The Labute approximate surface area is 612 Å². The van der Waals surface area contributed by atoms with Gasteiger partial charge in [-0.2, -0.15) is 13.2 Å². The Morgan fingerprint density at radius 1 is 0.543 bits per heavy atom. The summed E-state index contributed by atoms with van der Waals surface area (Å²) in [5, 5.41) is 51.6. The molecule has 26 nitrogen and oxygen atoms in total. The number of carboxylic acids is 3. The summed E-state index contributed by atoms with van der Waals surface area (Å²) in [6.45, 7) is 11.8. The number of rotatable bonds is 18. The van der Waals surface area contributed by atoms with E-state index in [4.69, 9.17) is 4.74 Å². The molecule has 1 unspecified atom stereocenters. The third-order valence-electron chi connectivity index (χ3n) is 19.8. The molecule has 0 spiro atoms. The maximum Gasteiger partial charge on any atom is 0.491 e. The van der Waals surface area contributed by atoms with Gasteiger partial charge >= 0.3 is 36.0 Å². The van der Waals surface area contributed by atoms with E-state index < -0.39 is 80.7 Å². The van der Waals surface area contributed by atoms with Crippen molar-refractivity contribution in [1.29, 1.82) is 0 Å². The summed E-state index contributed by atoms with van der Waals surface area (Å²) in [5.74, 6) is -9.34. The van der Waals surface area contributed by atoms with Crippen LogP contribution in [0.3, 0.4) is 0 Å². The first-order valence-electron chi connectivity index (χ1n) is 33.9. The normalized spacial score (nSPS) is 15.5. The lowest BCUT2D eigenvalue weighted by Gasteiger charge is -2.26. The first-order valence-corrected chi connectivity index (χ1v) is 33.9. The van der Waals surface area contributed by atoms with E-state index in [0.29, 0.717) is 59.4 Å². The van der Waals surface area contributed by atoms with Crippen molar-refractivity contribution in [2.75, 3.05) is 53.9 Å². The third-order valence-corrected chi connectivity index (χ3v) is 19.8. The Morgan fingerprint density at radius 3 is 1.35 bits per heavy atom. The quantitative estimate of drug-likeness (QED) is 0.0370. The number of halogens is 5. The highest BCUT2D eigenvalue weighted by Crippen LogP contribution is 2.38. The third kappa shape index (κ3) is 16.7. The molecule has 6 aromatic heterocycles. The van der Waals surface area contributed by atoms with E-state index in [1.165, 1.54) is 39.0 Å². The van der Waals surface area contributed by atoms with Crippen molar-refractivity contribution in [3.05, 3.63) is 154 Å². The van der Waals surface area contributed by atoms with Crippen molar-refractivity contribution in [3.63, 3.8) is 0 Å². The molecule has 0 saturated carbocycles. The van der Waals surface area contributed by atoms with Gasteiger partial charge in [0.05, 0.1) is 30.1 Å². The molecule has 8 N–H and O–H groups in total. The smallest absolute Gasteiger partial charge is 0.491 e. The molecule has 3 aromatic carbocycles. The number of benzene rings is 3. The molecule has 3 saturated heterocycles. The number of hydrogen-bond acceptors (Lipinski definition) is 16. The lowest BCUT2D eigenvalue weighted by molar-refractivity contribution is -0.189. The summed E-state index contributed by atoms with van der Waals surface area (Å²) in [7, 11) is 10.9. The number of alkyl halides is 3. The number of aromatic carboxylic acids is 3. The van der Waals surface area contributed by atoms with Crippen LogP contribution in [-0.2, 0) is 79.2 Å². The Bertz CT molecular complexity index is 5030. The van der Waals surface area contributed by atoms with Crippen LogP contribution in [0.2, 0.25) is 0 Å². The van der Waals surface area contributed by atoms with Crippen LogP contribution in [0.25, 0.3) is 66.5 Å². The van der Waals surface area contributed by atoms with Crippen molar-refractivity contribution in [1.82, 2.24) is 48.3 Å². The molecular formula is C74H85Cl2F3N10O16. The Hall–Kier alpha value is -10.2. The molecule has 31 heteroatoms. The van der Waals surface area contributed by atoms with Crippen LogP contribution in [0.15, 0.2) is 87.2 Å². The number of carbonyl (C=O) groups excluding carboxylic acids is 3. The zero-order valence-corrected chi connectivity index (χ0v) is 61.0. The first-order chi connectivity index (χ1) is 48.9. The number of aromatic amines is 3. The van der Waals surface area contributed by atoms with Crippen LogP contribution >= 0.6 is 24.8 Å². The number of aryl methyl sites for hydroxylation is 3. The fourth-order valence-corrected chi connectivity index (χ4v) is 14.4. The molecule has 562 valence electrons. The highest BCUT2D eigenvalue weighted by atomic mass is 35.5. The number of amides is 1. The average Bonchev–Trinajstić information content (AvgIpc) is 1.60. The minimum Gasteiger partial charge on any atom is -0.506 e. The van der Waals surface area contributed by atoms with Gasteiger partial charge in [-0.1, -0.05) is 45.4 Å². The van der Waals surface area contributed by atoms with E-state index >= 15 is 0 Å². The second kappa shape index (κ2) is 33.3. The number of carboxylic acid groups (broad SMARTS) is 3. The molecule has 105 heavy (non-hydrogen) atoms. The molecule has 0 bridgehead atoms. The number of fused-ring (bicyclic) bond motifs is 3. The van der Waals surface area contributed by atoms with Crippen molar-refractivity contribution in [2.45, 2.75) is 110 Å². The molecule has 12 rings (SSSR count). The van der Waals surface area contributed by atoms with E-state index in [9.17, 15) is 81.9 Å². The largest absolute Gasteiger partial charge is 0.506 e. The second-order valence-electron chi connectivity index (χ2n) is 26.3. The number of nitrogens with one attached hydrogen (secondary N) is 3. The number of pyridine rings is 3. The van der Waals surface area contributed by atoms with Gasteiger partial charge in [-0.15, -0.1) is 24.8 Å². The summed E-state index contributed by atoms with van der Waals surface area (Å²) >= 11 is 0. The van der Waals surface area contributed by atoms with E-state index in [1.54, 1.807) is 44.1 Å². The predicted octanol–water partition coefficient (Wildman–Crippen LogP) is 10.1. The van der Waals surface area contributed by atoms with Gasteiger partial charge in [0, 0.05) is 128 Å². The topological polar surface area (TPSA) is 348 Å². The molecule has 2 atom stereocenters. The Morgan fingerprint density at radius 2 is 0.952 bits per heavy atom. The number of H-pyrrole nitrogens is 3. The van der Waals surface area contributed by atoms with Crippen LogP contribution in [0.1, 0.15) is 124 Å². The fraction of sp³-hybridized carbons (Fsp3) is 0.392. The van der Waals surface area contributed by atoms with Crippen LogP contribution < -0.4 is 21.4 Å². The molecule has 0 radical (unpaired) electrons. The molecule has 9 aromatic rings. The fourth-order valence-electron chi connectivity index (χ4n) is 14.4. The van der Waals surface area contributed by atoms with Crippen LogP contribution in [0.5, 0.6) is 17.2 Å². The zero-order chi connectivity index (χ0) is 74.8. The van der Waals surface area contributed by atoms with Gasteiger partial charge in [0.2, 0.25) is 5.91 Å². The highest BCUT2D eigenvalue weighted by molar-refractivity contribution is 5.96. The summed E-state index contributed by atoms with van der Waals surface area (Å²) in [6.07, 6.45) is 1.52. The Balaban J connectivity index is 0.000000199.